The highest BCUT2D eigenvalue weighted by molar-refractivity contribution is 5.80. The number of fused-ring (bicyclic) bond motifs is 1. The largest absolute Gasteiger partial charge is 0.392 e. The maximum absolute atomic E-state index is 12.8. The lowest BCUT2D eigenvalue weighted by molar-refractivity contribution is -0.132. The van der Waals surface area contributed by atoms with E-state index in [4.69, 9.17) is 0 Å². The van der Waals surface area contributed by atoms with E-state index in [9.17, 15) is 9.90 Å². The smallest absolute Gasteiger partial charge is 0.237 e. The molecule has 1 unspecified atom stereocenters. The summed E-state index contributed by atoms with van der Waals surface area (Å²) in [6.45, 7) is 5.24. The fourth-order valence-electron chi connectivity index (χ4n) is 3.60. The van der Waals surface area contributed by atoms with Crippen molar-refractivity contribution in [3.63, 3.8) is 0 Å². The summed E-state index contributed by atoms with van der Waals surface area (Å²) >= 11 is 0. The second-order valence-corrected chi connectivity index (χ2v) is 6.77. The third kappa shape index (κ3) is 3.91. The molecule has 2 N–H and O–H groups in total. The number of aliphatic hydroxyl groups excluding tert-OH is 1. The molecule has 4 nitrogen and oxygen atoms in total. The van der Waals surface area contributed by atoms with Crippen LogP contribution < -0.4 is 5.32 Å². The highest BCUT2D eigenvalue weighted by Gasteiger charge is 2.32. The Kier molecular flexibility index (Phi) is 5.51. The van der Waals surface area contributed by atoms with Gasteiger partial charge in [-0.25, -0.2) is 0 Å². The van der Waals surface area contributed by atoms with Gasteiger partial charge in [0, 0.05) is 13.1 Å². The first-order chi connectivity index (χ1) is 12.1. The third-order valence-corrected chi connectivity index (χ3v) is 4.81. The zero-order chi connectivity index (χ0) is 17.8. The highest BCUT2D eigenvalue weighted by Crippen LogP contribution is 2.36. The maximum atomic E-state index is 12.8. The van der Waals surface area contributed by atoms with Gasteiger partial charge in [0.15, 0.2) is 0 Å². The fraction of sp³-hybridized carbons (Fsp3) is 0.381. The van der Waals surface area contributed by atoms with E-state index in [0.29, 0.717) is 13.1 Å². The van der Waals surface area contributed by atoms with Crippen molar-refractivity contribution in [1.29, 1.82) is 0 Å². The lowest BCUT2D eigenvalue weighted by atomic mass is 9.86. The fourth-order valence-corrected chi connectivity index (χ4v) is 3.60. The first kappa shape index (κ1) is 17.6. The molecule has 25 heavy (non-hydrogen) atoms. The molecule has 2 atom stereocenters. The Morgan fingerprint density at radius 3 is 2.72 bits per heavy atom. The van der Waals surface area contributed by atoms with Gasteiger partial charge in [0.1, 0.15) is 0 Å². The van der Waals surface area contributed by atoms with Crippen LogP contribution in [0.25, 0.3) is 0 Å². The Labute approximate surface area is 149 Å². The van der Waals surface area contributed by atoms with Gasteiger partial charge in [-0.1, -0.05) is 48.5 Å². The van der Waals surface area contributed by atoms with Gasteiger partial charge in [-0.3, -0.25) is 4.79 Å². The van der Waals surface area contributed by atoms with Crippen molar-refractivity contribution in [2.45, 2.75) is 32.4 Å². The Bertz CT molecular complexity index is 728. The Balaban J connectivity index is 1.91. The predicted octanol–water partition coefficient (Wildman–Crippen LogP) is 2.44. The molecule has 0 fully saturated rings. The van der Waals surface area contributed by atoms with E-state index in [0.717, 1.165) is 12.0 Å². The van der Waals surface area contributed by atoms with Gasteiger partial charge in [0.05, 0.1) is 18.7 Å². The molecule has 0 saturated carbocycles. The molecule has 0 aromatic heterocycles. The number of carbonyl (C=O) groups excluding carboxylic acids is 1. The molecule has 132 valence electrons. The normalized spacial score (nSPS) is 17.9. The van der Waals surface area contributed by atoms with E-state index in [1.165, 1.54) is 16.7 Å². The molecular weight excluding hydrogens is 312 g/mol. The van der Waals surface area contributed by atoms with Gasteiger partial charge >= 0.3 is 0 Å². The average molecular weight is 338 g/mol. The van der Waals surface area contributed by atoms with Gasteiger partial charge in [0.2, 0.25) is 5.91 Å². The highest BCUT2D eigenvalue weighted by atomic mass is 16.3. The molecule has 2 aromatic rings. The Morgan fingerprint density at radius 2 is 2.00 bits per heavy atom. The average Bonchev–Trinajstić information content (AvgIpc) is 2.61. The third-order valence-electron chi connectivity index (χ3n) is 4.81. The molecule has 2 aromatic carbocycles. The summed E-state index contributed by atoms with van der Waals surface area (Å²) in [5.41, 5.74) is 5.01. The number of nitrogens with one attached hydrogen (secondary N) is 1. The number of aliphatic hydroxyl groups is 1. The number of carbonyl (C=O) groups is 1. The second-order valence-electron chi connectivity index (χ2n) is 6.77. The van der Waals surface area contributed by atoms with Gasteiger partial charge < -0.3 is 15.3 Å². The van der Waals surface area contributed by atoms with Crippen LogP contribution in [-0.2, 0) is 11.2 Å². The molecule has 1 heterocycles. The molecule has 1 aliphatic rings. The molecule has 0 saturated heterocycles. The van der Waals surface area contributed by atoms with E-state index in [1.54, 1.807) is 6.92 Å². The van der Waals surface area contributed by atoms with E-state index in [1.807, 2.05) is 23.1 Å². The predicted molar refractivity (Wildman–Crippen MR) is 99.4 cm³/mol. The van der Waals surface area contributed by atoms with Crippen LogP contribution >= 0.6 is 0 Å². The first-order valence-electron chi connectivity index (χ1n) is 8.89. The lowest BCUT2D eigenvalue weighted by Gasteiger charge is -2.38. The minimum absolute atomic E-state index is 0.0503. The van der Waals surface area contributed by atoms with Crippen molar-refractivity contribution in [1.82, 2.24) is 10.2 Å². The number of aryl methyl sites for hydroxylation is 1. The quantitative estimate of drug-likeness (QED) is 0.880. The zero-order valence-electron chi connectivity index (χ0n) is 14.9. The van der Waals surface area contributed by atoms with Crippen LogP contribution in [0, 0.1) is 6.92 Å². The lowest BCUT2D eigenvalue weighted by Crippen LogP contribution is -2.45. The van der Waals surface area contributed by atoms with E-state index in [-0.39, 0.29) is 18.5 Å². The van der Waals surface area contributed by atoms with E-state index < -0.39 is 6.10 Å². The number of nitrogens with zero attached hydrogens (tertiary/aromatic N) is 1. The van der Waals surface area contributed by atoms with Crippen molar-refractivity contribution in [3.05, 3.63) is 70.8 Å². The maximum Gasteiger partial charge on any atom is 0.237 e. The van der Waals surface area contributed by atoms with Gasteiger partial charge in [-0.15, -0.1) is 0 Å². The molecule has 0 spiro atoms. The number of benzene rings is 2. The summed E-state index contributed by atoms with van der Waals surface area (Å²) in [5.74, 6) is 0.0710. The summed E-state index contributed by atoms with van der Waals surface area (Å²) in [4.78, 5) is 14.8. The molecule has 0 radical (unpaired) electrons. The molecule has 1 aliphatic heterocycles. The van der Waals surface area contributed by atoms with Crippen molar-refractivity contribution in [2.24, 2.45) is 0 Å². The summed E-state index contributed by atoms with van der Waals surface area (Å²) in [5, 5.41) is 12.4. The number of amides is 1. The summed E-state index contributed by atoms with van der Waals surface area (Å²) in [6, 6.07) is 16.5. The van der Waals surface area contributed by atoms with E-state index in [2.05, 4.69) is 42.6 Å². The summed E-state index contributed by atoms with van der Waals surface area (Å²) in [7, 11) is 0. The van der Waals surface area contributed by atoms with Crippen molar-refractivity contribution in [2.75, 3.05) is 19.6 Å². The van der Waals surface area contributed by atoms with Crippen molar-refractivity contribution < 1.29 is 9.90 Å². The number of hydrogen-bond acceptors (Lipinski definition) is 3. The number of hydrogen-bond donors (Lipinski definition) is 2. The van der Waals surface area contributed by atoms with E-state index >= 15 is 0 Å². The van der Waals surface area contributed by atoms with Gasteiger partial charge in [-0.05, 0) is 42.5 Å². The summed E-state index contributed by atoms with van der Waals surface area (Å²) < 4.78 is 0. The van der Waals surface area contributed by atoms with Crippen LogP contribution in [0.4, 0.5) is 0 Å². The topological polar surface area (TPSA) is 52.6 Å². The summed E-state index contributed by atoms with van der Waals surface area (Å²) in [6.07, 6.45) is 0.426. The number of rotatable bonds is 5. The molecule has 1 amide bonds. The monoisotopic (exact) mass is 338 g/mol. The van der Waals surface area contributed by atoms with Crippen molar-refractivity contribution in [3.8, 4) is 0 Å². The van der Waals surface area contributed by atoms with Crippen LogP contribution in [-0.4, -0.2) is 41.7 Å². The zero-order valence-corrected chi connectivity index (χ0v) is 14.9. The first-order valence-corrected chi connectivity index (χ1v) is 8.89. The minimum atomic E-state index is -0.456. The minimum Gasteiger partial charge on any atom is -0.392 e. The van der Waals surface area contributed by atoms with Gasteiger partial charge in [0.25, 0.3) is 0 Å². The standard InChI is InChI=1S/C21H26N2O2/c1-15-7-6-10-19-18(15)11-12-23(20(25)14-22-13-16(2)24)21(19)17-8-4-3-5-9-17/h3-10,16,21-22,24H,11-14H2,1-2H3/t16-,21?/m1/s1. The van der Waals surface area contributed by atoms with Crippen LogP contribution in [0.15, 0.2) is 48.5 Å². The molecule has 0 aliphatic carbocycles. The van der Waals surface area contributed by atoms with Crippen LogP contribution in [0.5, 0.6) is 0 Å². The van der Waals surface area contributed by atoms with Crippen molar-refractivity contribution >= 4 is 5.91 Å². The van der Waals surface area contributed by atoms with Crippen LogP contribution in [0.2, 0.25) is 0 Å². The Morgan fingerprint density at radius 1 is 1.24 bits per heavy atom. The van der Waals surface area contributed by atoms with Crippen LogP contribution in [0.1, 0.15) is 35.2 Å². The SMILES string of the molecule is Cc1cccc2c1CCN(C(=O)CNC[C@@H](C)O)C2c1ccccc1. The van der Waals surface area contributed by atoms with Crippen LogP contribution in [0.3, 0.4) is 0 Å². The van der Waals surface area contributed by atoms with Gasteiger partial charge in [-0.2, -0.15) is 0 Å². The Hall–Kier alpha value is -2.17. The molecular formula is C21H26N2O2. The molecule has 4 heteroatoms. The molecule has 3 rings (SSSR count). The molecule has 0 bridgehead atoms. The second kappa shape index (κ2) is 7.81.